The summed E-state index contributed by atoms with van der Waals surface area (Å²) in [5.74, 6) is 0. The maximum atomic E-state index is 3.29. The van der Waals surface area contributed by atoms with Gasteiger partial charge in [-0.1, -0.05) is 0 Å². The van der Waals surface area contributed by atoms with E-state index in [0.29, 0.717) is 6.17 Å². The van der Waals surface area contributed by atoms with E-state index in [4.69, 9.17) is 0 Å². The Hall–Kier alpha value is -1.18. The Balaban J connectivity index is 2.39. The molecule has 0 saturated heterocycles. The van der Waals surface area contributed by atoms with E-state index in [1.54, 1.807) is 0 Å². The molecule has 2 rings (SSSR count). The van der Waals surface area contributed by atoms with E-state index in [0.717, 1.165) is 0 Å². The average molecular weight is 148 g/mol. The zero-order chi connectivity index (χ0) is 7.84. The Kier molecular flexibility index (Phi) is 1.28. The van der Waals surface area contributed by atoms with Crippen LogP contribution in [0.15, 0.2) is 35.7 Å². The molecule has 2 aliphatic heterocycles. The van der Waals surface area contributed by atoms with Gasteiger partial charge in [0.1, 0.15) is 6.17 Å². The second-order valence-electron chi connectivity index (χ2n) is 3.02. The fraction of sp³-hybridized carbons (Fsp3) is 0.333. The number of nitrogens with one attached hydrogen (secondary N) is 1. The zero-order valence-corrected chi connectivity index (χ0v) is 6.83. The third-order valence-electron chi connectivity index (χ3n) is 2.23. The fourth-order valence-corrected chi connectivity index (χ4v) is 1.51. The molecule has 0 aliphatic carbocycles. The second-order valence-corrected chi connectivity index (χ2v) is 3.02. The van der Waals surface area contributed by atoms with Crippen LogP contribution >= 0.6 is 0 Å². The average Bonchev–Trinajstić information content (AvgIpc) is 2.35. The van der Waals surface area contributed by atoms with Crippen molar-refractivity contribution in [1.82, 2.24) is 10.2 Å². The van der Waals surface area contributed by atoms with E-state index in [-0.39, 0.29) is 0 Å². The van der Waals surface area contributed by atoms with E-state index in [9.17, 15) is 0 Å². The molecule has 0 aromatic heterocycles. The highest BCUT2D eigenvalue weighted by atomic mass is 15.2. The van der Waals surface area contributed by atoms with E-state index in [1.165, 1.54) is 11.1 Å². The number of nitrogens with zero attached hydrogens (tertiary/aromatic N) is 1. The number of dihydropyridines is 1. The summed E-state index contributed by atoms with van der Waals surface area (Å²) in [6.45, 7) is 2.14. The molecule has 0 saturated carbocycles. The van der Waals surface area contributed by atoms with Gasteiger partial charge in [-0.25, -0.2) is 0 Å². The molecule has 0 aromatic rings. The summed E-state index contributed by atoms with van der Waals surface area (Å²) in [7, 11) is 2.08. The van der Waals surface area contributed by atoms with Crippen LogP contribution in [0.2, 0.25) is 0 Å². The summed E-state index contributed by atoms with van der Waals surface area (Å²) in [4.78, 5) is 2.17. The quantitative estimate of drug-likeness (QED) is 0.555. The molecule has 0 aromatic carbocycles. The Bertz CT molecular complexity index is 261. The molecule has 1 unspecified atom stereocenters. The van der Waals surface area contributed by atoms with Crippen molar-refractivity contribution in [2.75, 3.05) is 7.05 Å². The van der Waals surface area contributed by atoms with Crippen LogP contribution in [-0.4, -0.2) is 18.1 Å². The van der Waals surface area contributed by atoms with Crippen LogP contribution in [0.5, 0.6) is 0 Å². The molecule has 2 nitrogen and oxygen atoms in total. The maximum Gasteiger partial charge on any atom is 0.125 e. The lowest BCUT2D eigenvalue weighted by atomic mass is 10.1. The molecule has 11 heavy (non-hydrogen) atoms. The van der Waals surface area contributed by atoms with Crippen molar-refractivity contribution in [3.8, 4) is 0 Å². The van der Waals surface area contributed by atoms with Gasteiger partial charge in [0.25, 0.3) is 0 Å². The summed E-state index contributed by atoms with van der Waals surface area (Å²) in [5.41, 5.74) is 2.74. The number of likely N-dealkylation sites (N-methyl/N-ethyl adjacent to an activating group) is 1. The van der Waals surface area contributed by atoms with Gasteiger partial charge < -0.3 is 10.2 Å². The van der Waals surface area contributed by atoms with Crippen LogP contribution in [0.25, 0.3) is 0 Å². The minimum absolute atomic E-state index is 0.375. The molecule has 0 amide bonds. The van der Waals surface area contributed by atoms with Crippen molar-refractivity contribution in [3.63, 3.8) is 0 Å². The van der Waals surface area contributed by atoms with Crippen molar-refractivity contribution in [1.29, 1.82) is 0 Å². The van der Waals surface area contributed by atoms with E-state index < -0.39 is 0 Å². The first-order chi connectivity index (χ1) is 5.29. The Morgan fingerprint density at radius 2 is 2.27 bits per heavy atom. The minimum atomic E-state index is 0.375. The molecule has 1 N–H and O–H groups in total. The SMILES string of the molecule is CC1=C2C=CN(C)C2NC=C1. The molecule has 0 fully saturated rings. The summed E-state index contributed by atoms with van der Waals surface area (Å²) in [5, 5.41) is 3.29. The molecule has 0 spiro atoms. The lowest BCUT2D eigenvalue weighted by Gasteiger charge is -2.25. The fourth-order valence-electron chi connectivity index (χ4n) is 1.51. The van der Waals surface area contributed by atoms with Crippen LogP contribution in [0.1, 0.15) is 6.92 Å². The van der Waals surface area contributed by atoms with Crippen LogP contribution in [-0.2, 0) is 0 Å². The first kappa shape index (κ1) is 6.53. The third-order valence-corrected chi connectivity index (χ3v) is 2.23. The molecule has 0 bridgehead atoms. The number of allylic oxidation sites excluding steroid dienone is 2. The van der Waals surface area contributed by atoms with Gasteiger partial charge in [0.05, 0.1) is 0 Å². The van der Waals surface area contributed by atoms with Crippen molar-refractivity contribution in [2.45, 2.75) is 13.1 Å². The second kappa shape index (κ2) is 2.16. The van der Waals surface area contributed by atoms with Crippen LogP contribution in [0.4, 0.5) is 0 Å². The molecule has 58 valence electrons. The van der Waals surface area contributed by atoms with Gasteiger partial charge in [0, 0.05) is 13.2 Å². The minimum Gasteiger partial charge on any atom is -0.368 e. The predicted octanol–water partition coefficient (Wildman–Crippen LogP) is 1.21. The van der Waals surface area contributed by atoms with Gasteiger partial charge in [-0.3, -0.25) is 0 Å². The molecule has 2 heterocycles. The van der Waals surface area contributed by atoms with Crippen molar-refractivity contribution in [3.05, 3.63) is 35.7 Å². The highest BCUT2D eigenvalue weighted by Gasteiger charge is 2.22. The maximum absolute atomic E-state index is 3.29. The summed E-state index contributed by atoms with van der Waals surface area (Å²) in [6, 6.07) is 0. The Morgan fingerprint density at radius 1 is 1.45 bits per heavy atom. The first-order valence-corrected chi connectivity index (χ1v) is 3.82. The number of fused-ring (bicyclic) bond motifs is 1. The van der Waals surface area contributed by atoms with Gasteiger partial charge >= 0.3 is 0 Å². The normalized spacial score (nSPS) is 27.5. The van der Waals surface area contributed by atoms with Gasteiger partial charge in [-0.05, 0) is 36.4 Å². The smallest absolute Gasteiger partial charge is 0.125 e. The first-order valence-electron chi connectivity index (χ1n) is 3.82. The predicted molar refractivity (Wildman–Crippen MR) is 45.7 cm³/mol. The summed E-state index contributed by atoms with van der Waals surface area (Å²) < 4.78 is 0. The molecular weight excluding hydrogens is 136 g/mol. The topological polar surface area (TPSA) is 15.3 Å². The zero-order valence-electron chi connectivity index (χ0n) is 6.83. The van der Waals surface area contributed by atoms with Crippen LogP contribution < -0.4 is 5.32 Å². The lowest BCUT2D eigenvalue weighted by Crippen LogP contribution is -2.37. The standard InChI is InChI=1S/C9H12N2/c1-7-3-5-10-9-8(7)4-6-11(9)2/h3-6,9-10H,1-2H3. The van der Waals surface area contributed by atoms with Gasteiger partial charge in [0.15, 0.2) is 0 Å². The molecular formula is C9H12N2. The lowest BCUT2D eigenvalue weighted by molar-refractivity contribution is 0.361. The highest BCUT2D eigenvalue weighted by Crippen LogP contribution is 2.23. The van der Waals surface area contributed by atoms with E-state index in [2.05, 4.69) is 42.5 Å². The van der Waals surface area contributed by atoms with Gasteiger partial charge in [-0.15, -0.1) is 0 Å². The number of hydrogen-bond acceptors (Lipinski definition) is 2. The monoisotopic (exact) mass is 148 g/mol. The van der Waals surface area contributed by atoms with Crippen molar-refractivity contribution >= 4 is 0 Å². The molecule has 1 atom stereocenters. The summed E-state index contributed by atoms with van der Waals surface area (Å²) in [6.07, 6.45) is 8.75. The van der Waals surface area contributed by atoms with E-state index in [1.807, 2.05) is 6.20 Å². The Labute approximate surface area is 66.9 Å². The van der Waals surface area contributed by atoms with Crippen molar-refractivity contribution < 1.29 is 0 Å². The van der Waals surface area contributed by atoms with Crippen LogP contribution in [0.3, 0.4) is 0 Å². The largest absolute Gasteiger partial charge is 0.368 e. The molecule has 2 aliphatic rings. The Morgan fingerprint density at radius 3 is 3.00 bits per heavy atom. The van der Waals surface area contributed by atoms with Crippen LogP contribution in [0, 0.1) is 0 Å². The number of rotatable bonds is 0. The van der Waals surface area contributed by atoms with E-state index >= 15 is 0 Å². The highest BCUT2D eigenvalue weighted by molar-refractivity contribution is 5.41. The van der Waals surface area contributed by atoms with Gasteiger partial charge in [-0.2, -0.15) is 0 Å². The summed E-state index contributed by atoms with van der Waals surface area (Å²) >= 11 is 0. The van der Waals surface area contributed by atoms with Gasteiger partial charge in [0.2, 0.25) is 0 Å². The third kappa shape index (κ3) is 0.862. The van der Waals surface area contributed by atoms with Crippen molar-refractivity contribution in [2.24, 2.45) is 0 Å². The number of hydrogen-bond donors (Lipinski definition) is 1. The molecule has 0 radical (unpaired) electrons. The molecule has 2 heteroatoms.